The summed E-state index contributed by atoms with van der Waals surface area (Å²) in [6, 6.07) is 2.19. The van der Waals surface area contributed by atoms with Gasteiger partial charge in [-0.2, -0.15) is 8.78 Å². The van der Waals surface area contributed by atoms with Crippen LogP contribution in [0.4, 0.5) is 17.6 Å². The fraction of sp³-hybridized carbons (Fsp3) is 0.250. The minimum Gasteiger partial charge on any atom is -0.433 e. The Morgan fingerprint density at radius 1 is 1.00 bits per heavy atom. The molecule has 84 valence electrons. The van der Waals surface area contributed by atoms with Crippen LogP contribution in [0.15, 0.2) is 12.1 Å². The standard InChI is InChI=1S/C8H4Cl2F4O/c9-3-1-2-4(10)6(15-8(13)14)5(3)7(11)12/h1-2,7-8H. The van der Waals surface area contributed by atoms with Crippen molar-refractivity contribution in [2.75, 3.05) is 0 Å². The Hall–Kier alpha value is -0.680. The van der Waals surface area contributed by atoms with Gasteiger partial charge in [0.15, 0.2) is 5.75 Å². The molecule has 1 nitrogen and oxygen atoms in total. The molecule has 15 heavy (non-hydrogen) atoms. The Morgan fingerprint density at radius 2 is 1.53 bits per heavy atom. The second-order valence-corrected chi connectivity index (χ2v) is 3.27. The first-order valence-corrected chi connectivity index (χ1v) is 4.40. The quantitative estimate of drug-likeness (QED) is 0.728. The van der Waals surface area contributed by atoms with Gasteiger partial charge in [-0.25, -0.2) is 8.78 Å². The van der Waals surface area contributed by atoms with E-state index in [4.69, 9.17) is 23.2 Å². The topological polar surface area (TPSA) is 9.23 Å². The summed E-state index contributed by atoms with van der Waals surface area (Å²) < 4.78 is 52.6. The van der Waals surface area contributed by atoms with Crippen LogP contribution in [0.3, 0.4) is 0 Å². The van der Waals surface area contributed by atoms with Crippen molar-refractivity contribution in [2.24, 2.45) is 0 Å². The Bertz CT molecular complexity index is 357. The van der Waals surface area contributed by atoms with Crippen molar-refractivity contribution >= 4 is 23.2 Å². The summed E-state index contributed by atoms with van der Waals surface area (Å²) in [5.41, 5.74) is -0.829. The van der Waals surface area contributed by atoms with E-state index in [1.54, 1.807) is 0 Å². The monoisotopic (exact) mass is 262 g/mol. The smallest absolute Gasteiger partial charge is 0.387 e. The molecule has 0 N–H and O–H groups in total. The molecule has 0 aromatic heterocycles. The molecule has 0 spiro atoms. The van der Waals surface area contributed by atoms with Gasteiger partial charge in [-0.05, 0) is 12.1 Å². The molecule has 0 aliphatic carbocycles. The molecule has 0 saturated carbocycles. The van der Waals surface area contributed by atoms with Crippen molar-refractivity contribution in [2.45, 2.75) is 13.0 Å². The molecule has 0 amide bonds. The lowest BCUT2D eigenvalue weighted by molar-refractivity contribution is -0.0518. The van der Waals surface area contributed by atoms with Crippen LogP contribution in [0.2, 0.25) is 10.0 Å². The number of benzene rings is 1. The van der Waals surface area contributed by atoms with Crippen LogP contribution < -0.4 is 4.74 Å². The van der Waals surface area contributed by atoms with Gasteiger partial charge >= 0.3 is 6.61 Å². The number of rotatable bonds is 3. The van der Waals surface area contributed by atoms with Gasteiger partial charge in [-0.15, -0.1) is 0 Å². The average Bonchev–Trinajstić information content (AvgIpc) is 2.10. The number of halogens is 6. The summed E-state index contributed by atoms with van der Waals surface area (Å²) in [6.45, 7) is -3.24. The van der Waals surface area contributed by atoms with Gasteiger partial charge in [-0.3, -0.25) is 0 Å². The van der Waals surface area contributed by atoms with Crippen molar-refractivity contribution in [1.29, 1.82) is 0 Å². The summed E-state index contributed by atoms with van der Waals surface area (Å²) in [5.74, 6) is -0.783. The first kappa shape index (κ1) is 12.4. The summed E-state index contributed by atoms with van der Waals surface area (Å²) in [7, 11) is 0. The molecule has 0 fully saturated rings. The molecule has 1 aromatic carbocycles. The Kier molecular flexibility index (Phi) is 4.04. The van der Waals surface area contributed by atoms with Crippen LogP contribution >= 0.6 is 23.2 Å². The lowest BCUT2D eigenvalue weighted by Gasteiger charge is -2.12. The molecule has 0 unspecified atom stereocenters. The van der Waals surface area contributed by atoms with E-state index in [1.165, 1.54) is 0 Å². The van der Waals surface area contributed by atoms with E-state index in [0.717, 1.165) is 12.1 Å². The van der Waals surface area contributed by atoms with E-state index >= 15 is 0 Å². The first-order chi connectivity index (χ1) is 6.93. The highest BCUT2D eigenvalue weighted by Crippen LogP contribution is 2.40. The minimum atomic E-state index is -3.24. The molecular weight excluding hydrogens is 259 g/mol. The summed E-state index contributed by atoms with van der Waals surface area (Å²) >= 11 is 10.9. The number of ether oxygens (including phenoxy) is 1. The van der Waals surface area contributed by atoms with Crippen LogP contribution in [0.5, 0.6) is 5.75 Å². The van der Waals surface area contributed by atoms with Crippen LogP contribution in [0, 0.1) is 0 Å². The lowest BCUT2D eigenvalue weighted by Crippen LogP contribution is -2.05. The van der Waals surface area contributed by atoms with E-state index in [-0.39, 0.29) is 10.0 Å². The third-order valence-electron chi connectivity index (χ3n) is 1.52. The largest absolute Gasteiger partial charge is 0.433 e. The van der Waals surface area contributed by atoms with Crippen LogP contribution in [0.25, 0.3) is 0 Å². The second-order valence-electron chi connectivity index (χ2n) is 2.45. The van der Waals surface area contributed by atoms with Gasteiger partial charge in [-0.1, -0.05) is 23.2 Å². The molecule has 7 heteroatoms. The number of alkyl halides is 4. The van der Waals surface area contributed by atoms with Gasteiger partial charge in [0.2, 0.25) is 0 Å². The highest BCUT2D eigenvalue weighted by Gasteiger charge is 2.23. The SMILES string of the molecule is FC(F)Oc1c(Cl)ccc(Cl)c1C(F)F. The molecule has 1 rings (SSSR count). The molecule has 0 aliphatic heterocycles. The first-order valence-electron chi connectivity index (χ1n) is 3.64. The molecular formula is C8H4Cl2F4O. The molecule has 0 saturated heterocycles. The van der Waals surface area contributed by atoms with Gasteiger partial charge in [0.1, 0.15) is 0 Å². The van der Waals surface area contributed by atoms with Crippen LogP contribution in [0.1, 0.15) is 12.0 Å². The maximum absolute atomic E-state index is 12.5. The summed E-state index contributed by atoms with van der Waals surface area (Å²) in [4.78, 5) is 0. The fourth-order valence-corrected chi connectivity index (χ4v) is 1.40. The van der Waals surface area contributed by atoms with Crippen molar-refractivity contribution in [1.82, 2.24) is 0 Å². The summed E-state index contributed by atoms with van der Waals surface area (Å²) in [5, 5.41) is -0.708. The molecule has 0 atom stereocenters. The van der Waals surface area contributed by atoms with E-state index in [0.29, 0.717) is 0 Å². The van der Waals surface area contributed by atoms with Crippen molar-refractivity contribution in [3.63, 3.8) is 0 Å². The van der Waals surface area contributed by atoms with Crippen molar-refractivity contribution in [3.05, 3.63) is 27.7 Å². The molecule has 0 radical (unpaired) electrons. The maximum atomic E-state index is 12.5. The molecule has 0 bridgehead atoms. The Morgan fingerprint density at radius 3 is 2.00 bits per heavy atom. The van der Waals surface area contributed by atoms with Crippen molar-refractivity contribution < 1.29 is 22.3 Å². The Labute approximate surface area is 92.5 Å². The third kappa shape index (κ3) is 2.89. The van der Waals surface area contributed by atoms with Gasteiger partial charge in [0, 0.05) is 0 Å². The zero-order chi connectivity index (χ0) is 11.6. The average molecular weight is 263 g/mol. The van der Waals surface area contributed by atoms with Gasteiger partial charge in [0.25, 0.3) is 6.43 Å². The number of hydrogen-bond donors (Lipinski definition) is 0. The highest BCUT2D eigenvalue weighted by molar-refractivity contribution is 6.34. The van der Waals surface area contributed by atoms with E-state index in [1.807, 2.05) is 0 Å². The predicted molar refractivity (Wildman–Crippen MR) is 48.1 cm³/mol. The minimum absolute atomic E-state index is 0.338. The van der Waals surface area contributed by atoms with Gasteiger partial charge in [0.05, 0.1) is 15.6 Å². The zero-order valence-electron chi connectivity index (χ0n) is 6.99. The normalized spacial score (nSPS) is 11.2. The highest BCUT2D eigenvalue weighted by atomic mass is 35.5. The third-order valence-corrected chi connectivity index (χ3v) is 2.15. The van der Waals surface area contributed by atoms with E-state index < -0.39 is 24.3 Å². The fourth-order valence-electron chi connectivity index (χ4n) is 0.961. The second kappa shape index (κ2) is 4.90. The Balaban J connectivity index is 3.25. The van der Waals surface area contributed by atoms with Crippen molar-refractivity contribution in [3.8, 4) is 5.75 Å². The van der Waals surface area contributed by atoms with E-state index in [9.17, 15) is 17.6 Å². The molecule has 0 aliphatic rings. The maximum Gasteiger partial charge on any atom is 0.387 e. The molecule has 1 aromatic rings. The lowest BCUT2D eigenvalue weighted by atomic mass is 10.2. The predicted octanol–water partition coefficient (Wildman–Crippen LogP) is 4.53. The zero-order valence-corrected chi connectivity index (χ0v) is 8.50. The summed E-state index contributed by atoms with van der Waals surface area (Å²) in [6.07, 6.45) is -3.04. The van der Waals surface area contributed by atoms with Gasteiger partial charge < -0.3 is 4.74 Å². The van der Waals surface area contributed by atoms with Crippen LogP contribution in [-0.4, -0.2) is 6.61 Å². The number of hydrogen-bond acceptors (Lipinski definition) is 1. The molecule has 0 heterocycles. The van der Waals surface area contributed by atoms with Crippen LogP contribution in [-0.2, 0) is 0 Å². The van der Waals surface area contributed by atoms with E-state index in [2.05, 4.69) is 4.74 Å².